The van der Waals surface area contributed by atoms with E-state index in [0.29, 0.717) is 26.4 Å². The lowest BCUT2D eigenvalue weighted by molar-refractivity contribution is 0.0571. The number of aliphatic hydroxyl groups is 1. The Hall–Kier alpha value is -4.57. The molecule has 9 heteroatoms. The molecule has 2 aliphatic heterocycles. The van der Waals surface area contributed by atoms with Gasteiger partial charge in [0.05, 0.1) is 12.6 Å². The molecule has 0 spiro atoms. The third kappa shape index (κ3) is 7.77. The third-order valence-corrected chi connectivity index (χ3v) is 11.8. The number of fused-ring (bicyclic) bond motifs is 1. The predicted molar refractivity (Wildman–Crippen MR) is 204 cm³/mol. The van der Waals surface area contributed by atoms with Crippen LogP contribution in [-0.2, 0) is 11.3 Å². The highest BCUT2D eigenvalue weighted by atomic mass is 32.1. The molecule has 8 rings (SSSR count). The van der Waals surface area contributed by atoms with Crippen molar-refractivity contribution in [1.82, 2.24) is 9.80 Å². The van der Waals surface area contributed by atoms with Gasteiger partial charge in [0.2, 0.25) is 0 Å². The quantitative estimate of drug-likeness (QED) is 0.130. The lowest BCUT2D eigenvalue weighted by Gasteiger charge is -2.36. The number of amides is 1. The predicted octanol–water partition coefficient (Wildman–Crippen LogP) is 8.85. The summed E-state index contributed by atoms with van der Waals surface area (Å²) < 4.78 is 25.1. The standard InChI is InChI=1S/C43H46N2O6S/c46-41(31-12-18-34(19-13-31)51-38-11-5-4-10-37(38)45-25-27-49-43(45)47)40-36-21-20-35(50-29-30-8-2-1-3-9-30)28-39(36)52-42(40)32-14-16-33(17-15-32)48-26-24-44-22-6-7-23-44/h1-3,8-9,12-21,28,37-38,41,46H,4-7,10-11,22-27,29H2/t37-,38-,41?/m1/s1. The number of hydrogen-bond donors (Lipinski definition) is 1. The van der Waals surface area contributed by atoms with Crippen LogP contribution in [0.4, 0.5) is 4.79 Å². The van der Waals surface area contributed by atoms with Gasteiger partial charge in [0.1, 0.15) is 49.3 Å². The number of benzene rings is 4. The van der Waals surface area contributed by atoms with Gasteiger partial charge in [-0.1, -0.05) is 48.9 Å². The molecule has 4 aromatic carbocycles. The van der Waals surface area contributed by atoms with Gasteiger partial charge >= 0.3 is 6.09 Å². The minimum atomic E-state index is -0.868. The number of carbonyl (C=O) groups is 1. The van der Waals surface area contributed by atoms with Crippen LogP contribution in [0.1, 0.15) is 61.3 Å². The van der Waals surface area contributed by atoms with E-state index in [1.807, 2.05) is 65.6 Å². The van der Waals surface area contributed by atoms with Crippen LogP contribution in [0, 0.1) is 0 Å². The molecular formula is C43H46N2O6S. The number of thiophene rings is 1. The molecular weight excluding hydrogens is 673 g/mol. The van der Waals surface area contributed by atoms with E-state index in [9.17, 15) is 9.90 Å². The Morgan fingerprint density at radius 2 is 1.56 bits per heavy atom. The van der Waals surface area contributed by atoms with Crippen molar-refractivity contribution in [3.63, 3.8) is 0 Å². The smallest absolute Gasteiger partial charge is 0.410 e. The van der Waals surface area contributed by atoms with Gasteiger partial charge in [-0.2, -0.15) is 0 Å². The second-order valence-corrected chi connectivity index (χ2v) is 15.0. The van der Waals surface area contributed by atoms with E-state index >= 15 is 0 Å². The first-order valence-corrected chi connectivity index (χ1v) is 19.5. The molecule has 1 saturated carbocycles. The Labute approximate surface area is 309 Å². The van der Waals surface area contributed by atoms with Crippen molar-refractivity contribution < 1.29 is 28.8 Å². The molecule has 1 unspecified atom stereocenters. The molecule has 1 N–H and O–H groups in total. The molecule has 3 fully saturated rings. The van der Waals surface area contributed by atoms with Crippen molar-refractivity contribution in [2.45, 2.75) is 63.4 Å². The first-order chi connectivity index (χ1) is 25.6. The van der Waals surface area contributed by atoms with Gasteiger partial charge in [-0.3, -0.25) is 9.80 Å². The maximum Gasteiger partial charge on any atom is 0.410 e. The van der Waals surface area contributed by atoms with Crippen LogP contribution in [0.3, 0.4) is 0 Å². The third-order valence-electron chi connectivity index (χ3n) is 10.6. The first kappa shape index (κ1) is 34.5. The summed E-state index contributed by atoms with van der Waals surface area (Å²) >= 11 is 1.66. The Morgan fingerprint density at radius 1 is 0.808 bits per heavy atom. The summed E-state index contributed by atoms with van der Waals surface area (Å²) in [5.74, 6) is 2.37. The summed E-state index contributed by atoms with van der Waals surface area (Å²) in [5, 5.41) is 13.1. The maximum absolute atomic E-state index is 12.3. The number of likely N-dealkylation sites (tertiary alicyclic amines) is 1. The average molecular weight is 719 g/mol. The maximum atomic E-state index is 12.3. The molecule has 1 amide bonds. The normalized spacial score (nSPS) is 19.9. The van der Waals surface area contributed by atoms with E-state index in [4.69, 9.17) is 18.9 Å². The van der Waals surface area contributed by atoms with E-state index in [1.165, 1.54) is 12.8 Å². The Morgan fingerprint density at radius 3 is 2.33 bits per heavy atom. The molecule has 0 radical (unpaired) electrons. The Kier molecular flexibility index (Phi) is 10.6. The van der Waals surface area contributed by atoms with Gasteiger partial charge in [0.25, 0.3) is 0 Å². The average Bonchev–Trinajstić information content (AvgIpc) is 3.95. The largest absolute Gasteiger partial charge is 0.492 e. The second kappa shape index (κ2) is 16.0. The first-order valence-electron chi connectivity index (χ1n) is 18.7. The molecule has 8 nitrogen and oxygen atoms in total. The molecule has 1 aliphatic carbocycles. The molecule has 270 valence electrons. The van der Waals surface area contributed by atoms with Gasteiger partial charge in [-0.15, -0.1) is 11.3 Å². The lowest BCUT2D eigenvalue weighted by atomic mass is 9.91. The number of hydrogen-bond acceptors (Lipinski definition) is 8. The summed E-state index contributed by atoms with van der Waals surface area (Å²) in [4.78, 5) is 17.6. The van der Waals surface area contributed by atoms with Crippen molar-refractivity contribution in [1.29, 1.82) is 0 Å². The molecule has 0 bridgehead atoms. The van der Waals surface area contributed by atoms with E-state index in [2.05, 4.69) is 41.3 Å². The minimum absolute atomic E-state index is 0.0113. The van der Waals surface area contributed by atoms with Crippen LogP contribution in [0.15, 0.2) is 97.1 Å². The van der Waals surface area contributed by atoms with Crippen LogP contribution >= 0.6 is 11.3 Å². The molecule has 3 aliphatic rings. The van der Waals surface area contributed by atoms with Gasteiger partial charge in [0, 0.05) is 21.7 Å². The fraction of sp³-hybridized carbons (Fsp3) is 0.372. The van der Waals surface area contributed by atoms with Gasteiger partial charge in [-0.05, 0) is 122 Å². The number of aliphatic hydroxyl groups excluding tert-OH is 1. The van der Waals surface area contributed by atoms with Crippen molar-refractivity contribution in [2.24, 2.45) is 0 Å². The summed E-state index contributed by atoms with van der Waals surface area (Å²) in [6, 6.07) is 32.3. The van der Waals surface area contributed by atoms with Crippen molar-refractivity contribution in [3.05, 3.63) is 114 Å². The molecule has 1 aromatic heterocycles. The van der Waals surface area contributed by atoms with E-state index in [1.54, 1.807) is 11.3 Å². The monoisotopic (exact) mass is 718 g/mol. The Balaban J connectivity index is 1.04. The topological polar surface area (TPSA) is 80.7 Å². The van der Waals surface area contributed by atoms with Crippen LogP contribution in [0.25, 0.3) is 20.5 Å². The van der Waals surface area contributed by atoms with Crippen molar-refractivity contribution >= 4 is 27.5 Å². The van der Waals surface area contributed by atoms with E-state index in [-0.39, 0.29) is 18.2 Å². The highest BCUT2D eigenvalue weighted by molar-refractivity contribution is 7.22. The summed E-state index contributed by atoms with van der Waals surface area (Å²) in [6.07, 6.45) is 5.29. The zero-order chi connectivity index (χ0) is 35.3. The minimum Gasteiger partial charge on any atom is -0.492 e. The Bertz CT molecular complexity index is 1940. The summed E-state index contributed by atoms with van der Waals surface area (Å²) in [7, 11) is 0. The molecule has 3 atom stereocenters. The summed E-state index contributed by atoms with van der Waals surface area (Å²) in [6.45, 7) is 5.47. The molecule has 2 saturated heterocycles. The van der Waals surface area contributed by atoms with Crippen molar-refractivity contribution in [2.75, 3.05) is 39.4 Å². The van der Waals surface area contributed by atoms with E-state index in [0.717, 1.165) is 99.8 Å². The van der Waals surface area contributed by atoms with Gasteiger partial charge in [-0.25, -0.2) is 4.79 Å². The number of carbonyl (C=O) groups excluding carboxylic acids is 1. The van der Waals surface area contributed by atoms with Crippen LogP contribution < -0.4 is 14.2 Å². The number of rotatable bonds is 13. The number of nitrogens with zero attached hydrogens (tertiary/aromatic N) is 2. The van der Waals surface area contributed by atoms with Crippen molar-refractivity contribution in [3.8, 4) is 27.7 Å². The highest BCUT2D eigenvalue weighted by Gasteiger charge is 2.37. The zero-order valence-corrected chi connectivity index (χ0v) is 30.3. The second-order valence-electron chi connectivity index (χ2n) is 14.0. The molecule has 3 heterocycles. The molecule has 5 aromatic rings. The fourth-order valence-electron chi connectivity index (χ4n) is 7.76. The van der Waals surface area contributed by atoms with E-state index < -0.39 is 6.10 Å². The molecule has 52 heavy (non-hydrogen) atoms. The van der Waals surface area contributed by atoms with Gasteiger partial charge < -0.3 is 24.1 Å². The SMILES string of the molecule is O=C1OCCN1[C@@H]1CCCC[C@H]1Oc1ccc(C(O)c2c(-c3ccc(OCCN4CCCC4)cc3)sc3cc(OCc4ccccc4)ccc23)cc1. The zero-order valence-electron chi connectivity index (χ0n) is 29.5. The van der Waals surface area contributed by atoms with Gasteiger partial charge in [0.15, 0.2) is 0 Å². The van der Waals surface area contributed by atoms with Crippen LogP contribution in [0.2, 0.25) is 0 Å². The lowest BCUT2D eigenvalue weighted by Crippen LogP contribution is -2.48. The number of cyclic esters (lactones) is 1. The highest BCUT2D eigenvalue weighted by Crippen LogP contribution is 2.45. The van der Waals surface area contributed by atoms with Crippen LogP contribution in [-0.4, -0.2) is 72.5 Å². The number of ether oxygens (including phenoxy) is 4. The fourth-order valence-corrected chi connectivity index (χ4v) is 9.03. The summed E-state index contributed by atoms with van der Waals surface area (Å²) in [5.41, 5.74) is 3.78. The van der Waals surface area contributed by atoms with Crippen LogP contribution in [0.5, 0.6) is 17.2 Å².